The van der Waals surface area contributed by atoms with Crippen molar-refractivity contribution in [2.24, 2.45) is 0 Å². The van der Waals surface area contributed by atoms with Crippen molar-refractivity contribution in [3.63, 3.8) is 0 Å². The number of amides is 1. The average molecular weight is 426 g/mol. The lowest BCUT2D eigenvalue weighted by Crippen LogP contribution is -2.29. The highest BCUT2D eigenvalue weighted by molar-refractivity contribution is 5.94. The molecule has 2 aromatic carbocycles. The predicted octanol–water partition coefficient (Wildman–Crippen LogP) is 3.29. The van der Waals surface area contributed by atoms with Crippen molar-refractivity contribution < 1.29 is 18.0 Å². The van der Waals surface area contributed by atoms with Crippen LogP contribution in [0.2, 0.25) is 0 Å². The first-order chi connectivity index (χ1) is 15.0. The Labute approximate surface area is 174 Å². The number of rotatable bonds is 7. The number of hydrogen-bond donors (Lipinski definition) is 2. The molecule has 10 heteroatoms. The Bertz CT molecular complexity index is 1210. The van der Waals surface area contributed by atoms with E-state index in [-0.39, 0.29) is 18.9 Å². The lowest BCUT2D eigenvalue weighted by atomic mass is 10.2. The highest BCUT2D eigenvalue weighted by Crippen LogP contribution is 2.19. The Kier molecular flexibility index (Phi) is 5.78. The van der Waals surface area contributed by atoms with Crippen LogP contribution in [-0.4, -0.2) is 32.2 Å². The van der Waals surface area contributed by atoms with Crippen LogP contribution in [0.15, 0.2) is 55.0 Å². The summed E-state index contributed by atoms with van der Waals surface area (Å²) in [4.78, 5) is 20.5. The number of nitrogens with zero attached hydrogens (tertiary/aromatic N) is 4. The normalized spacial score (nSPS) is 10.9. The van der Waals surface area contributed by atoms with E-state index in [9.17, 15) is 18.0 Å². The summed E-state index contributed by atoms with van der Waals surface area (Å²) in [5, 5.41) is 10.6. The summed E-state index contributed by atoms with van der Waals surface area (Å²) in [5.74, 6) is -2.45. The largest absolute Gasteiger partial charge is 0.365 e. The van der Waals surface area contributed by atoms with Crippen LogP contribution in [0.1, 0.15) is 15.9 Å². The minimum atomic E-state index is -0.924. The summed E-state index contributed by atoms with van der Waals surface area (Å²) in [6.45, 7) is 0.757. The molecule has 0 aliphatic rings. The topological polar surface area (TPSA) is 84.7 Å². The molecule has 4 rings (SSSR count). The van der Waals surface area contributed by atoms with Gasteiger partial charge in [0.1, 0.15) is 35.2 Å². The van der Waals surface area contributed by atoms with Gasteiger partial charge in [0.15, 0.2) is 5.65 Å². The standard InChI is InChI=1S/C21H17F3N6O/c22-14-6-4-13(5-7-14)10-26-19-15-11-29-30(20(15)28-12-27-19)9-8-25-21(31)18-16(23)2-1-3-17(18)24/h1-7,11-12H,8-10H2,(H,25,31)(H,26,27,28). The lowest BCUT2D eigenvalue weighted by molar-refractivity contribution is 0.0943. The zero-order chi connectivity index (χ0) is 21.8. The Morgan fingerprint density at radius 2 is 1.74 bits per heavy atom. The molecule has 0 bridgehead atoms. The first-order valence-corrected chi connectivity index (χ1v) is 9.40. The van der Waals surface area contributed by atoms with Crippen molar-refractivity contribution in [3.8, 4) is 0 Å². The third-order valence-electron chi connectivity index (χ3n) is 4.61. The van der Waals surface area contributed by atoms with Crippen molar-refractivity contribution in [2.45, 2.75) is 13.1 Å². The maximum absolute atomic E-state index is 13.7. The third kappa shape index (κ3) is 4.47. The van der Waals surface area contributed by atoms with E-state index in [1.165, 1.54) is 24.5 Å². The van der Waals surface area contributed by atoms with E-state index < -0.39 is 23.1 Å². The van der Waals surface area contributed by atoms with Crippen molar-refractivity contribution in [2.75, 3.05) is 11.9 Å². The quantitative estimate of drug-likeness (QED) is 0.474. The Morgan fingerprint density at radius 3 is 2.48 bits per heavy atom. The molecule has 0 unspecified atom stereocenters. The number of fused-ring (bicyclic) bond motifs is 1. The molecular formula is C21H17F3N6O. The number of hydrogen-bond acceptors (Lipinski definition) is 5. The van der Waals surface area contributed by atoms with Gasteiger partial charge in [-0.25, -0.2) is 27.8 Å². The van der Waals surface area contributed by atoms with E-state index in [1.54, 1.807) is 23.0 Å². The molecule has 0 spiro atoms. The molecule has 2 N–H and O–H groups in total. The molecule has 4 aromatic rings. The number of benzene rings is 2. The highest BCUT2D eigenvalue weighted by atomic mass is 19.1. The van der Waals surface area contributed by atoms with Crippen molar-refractivity contribution in [1.82, 2.24) is 25.1 Å². The average Bonchev–Trinajstić information content (AvgIpc) is 3.17. The van der Waals surface area contributed by atoms with Crippen LogP contribution >= 0.6 is 0 Å². The fourth-order valence-corrected chi connectivity index (χ4v) is 3.06. The first-order valence-electron chi connectivity index (χ1n) is 9.40. The summed E-state index contributed by atoms with van der Waals surface area (Å²) in [6.07, 6.45) is 2.96. The van der Waals surface area contributed by atoms with Gasteiger partial charge in [-0.3, -0.25) is 4.79 Å². The van der Waals surface area contributed by atoms with Gasteiger partial charge in [0, 0.05) is 13.1 Å². The molecule has 0 aliphatic carbocycles. The van der Waals surface area contributed by atoms with Crippen molar-refractivity contribution in [1.29, 1.82) is 0 Å². The second kappa shape index (κ2) is 8.82. The van der Waals surface area contributed by atoms with Crippen LogP contribution in [0, 0.1) is 17.5 Å². The fourth-order valence-electron chi connectivity index (χ4n) is 3.06. The molecule has 1 amide bonds. The molecule has 2 heterocycles. The molecule has 0 radical (unpaired) electrons. The van der Waals surface area contributed by atoms with E-state index in [1.807, 2.05) is 0 Å². The van der Waals surface area contributed by atoms with Gasteiger partial charge in [-0.05, 0) is 29.8 Å². The molecule has 2 aromatic heterocycles. The lowest BCUT2D eigenvalue weighted by Gasteiger charge is -2.08. The maximum Gasteiger partial charge on any atom is 0.257 e. The monoisotopic (exact) mass is 426 g/mol. The van der Waals surface area contributed by atoms with Crippen LogP contribution in [0.3, 0.4) is 0 Å². The van der Waals surface area contributed by atoms with Crippen LogP contribution in [-0.2, 0) is 13.1 Å². The van der Waals surface area contributed by atoms with E-state index in [0.29, 0.717) is 23.4 Å². The van der Waals surface area contributed by atoms with Gasteiger partial charge in [0.25, 0.3) is 5.91 Å². The second-order valence-corrected chi connectivity index (χ2v) is 6.66. The molecule has 7 nitrogen and oxygen atoms in total. The fraction of sp³-hybridized carbons (Fsp3) is 0.143. The summed E-state index contributed by atoms with van der Waals surface area (Å²) in [5.41, 5.74) is 0.786. The molecule has 0 saturated carbocycles. The first kappa shape index (κ1) is 20.3. The molecule has 0 aliphatic heterocycles. The molecule has 0 fully saturated rings. The van der Waals surface area contributed by atoms with Crippen LogP contribution in [0.4, 0.5) is 19.0 Å². The zero-order valence-electron chi connectivity index (χ0n) is 16.1. The smallest absolute Gasteiger partial charge is 0.257 e. The van der Waals surface area contributed by atoms with Gasteiger partial charge >= 0.3 is 0 Å². The van der Waals surface area contributed by atoms with Crippen LogP contribution < -0.4 is 10.6 Å². The number of carbonyl (C=O) groups excluding carboxylic acids is 1. The number of halogens is 3. The van der Waals surface area contributed by atoms with Crippen LogP contribution in [0.25, 0.3) is 11.0 Å². The SMILES string of the molecule is O=C(NCCn1ncc2c(NCc3ccc(F)cc3)ncnc21)c1c(F)cccc1F. The summed E-state index contributed by atoms with van der Waals surface area (Å²) >= 11 is 0. The van der Waals surface area contributed by atoms with Gasteiger partial charge < -0.3 is 10.6 Å². The molecule has 158 valence electrons. The van der Waals surface area contributed by atoms with Gasteiger partial charge in [-0.2, -0.15) is 5.10 Å². The molecule has 31 heavy (non-hydrogen) atoms. The van der Waals surface area contributed by atoms with Crippen molar-refractivity contribution >= 4 is 22.8 Å². The van der Waals surface area contributed by atoms with E-state index in [0.717, 1.165) is 17.7 Å². The van der Waals surface area contributed by atoms with Gasteiger partial charge in [0.05, 0.1) is 18.1 Å². The third-order valence-corrected chi connectivity index (χ3v) is 4.61. The summed E-state index contributed by atoms with van der Waals surface area (Å²) < 4.78 is 42.0. The molecule has 0 saturated heterocycles. The highest BCUT2D eigenvalue weighted by Gasteiger charge is 2.17. The molecular weight excluding hydrogens is 409 g/mol. The van der Waals surface area contributed by atoms with Crippen molar-refractivity contribution in [3.05, 3.63) is 83.6 Å². The number of carbonyl (C=O) groups is 1. The Balaban J connectivity index is 1.42. The Hall–Kier alpha value is -3.95. The minimum absolute atomic E-state index is 0.0890. The zero-order valence-corrected chi connectivity index (χ0v) is 16.1. The number of aromatic nitrogens is 4. The van der Waals surface area contributed by atoms with E-state index >= 15 is 0 Å². The van der Waals surface area contributed by atoms with Gasteiger partial charge in [-0.15, -0.1) is 0 Å². The number of nitrogens with one attached hydrogen (secondary N) is 2. The minimum Gasteiger partial charge on any atom is -0.365 e. The van der Waals surface area contributed by atoms with E-state index in [2.05, 4.69) is 25.7 Å². The van der Waals surface area contributed by atoms with Gasteiger partial charge in [-0.1, -0.05) is 18.2 Å². The maximum atomic E-state index is 13.7. The van der Waals surface area contributed by atoms with Crippen LogP contribution in [0.5, 0.6) is 0 Å². The van der Waals surface area contributed by atoms with E-state index in [4.69, 9.17) is 0 Å². The predicted molar refractivity (Wildman–Crippen MR) is 108 cm³/mol. The second-order valence-electron chi connectivity index (χ2n) is 6.66. The number of anilines is 1. The van der Waals surface area contributed by atoms with Gasteiger partial charge in [0.2, 0.25) is 0 Å². The molecule has 0 atom stereocenters. The summed E-state index contributed by atoms with van der Waals surface area (Å²) in [6, 6.07) is 9.35. The Morgan fingerprint density at radius 1 is 1.00 bits per heavy atom. The summed E-state index contributed by atoms with van der Waals surface area (Å²) in [7, 11) is 0.